The standard InChI is InChI=1S/C94H160N10O35/c1-7-31-113-55-64-122-46-22-96-85(105)13-39-134-79-93(80-135-40-14-86(106)97-23-47-123-65-56-114-32-8-2,81-136-41-15-87(107)98-24-48-124-66-57-115-33-9-3)102-91(111)19-37-119-61-73-131-76-70-128-52-28-104(30-54-130-72-78-133-75-63-121-45-21-95)29-53-129-71-77-132-74-62-120-38-20-92(112)103-94(82-137-42-16-88(108)99-25-49-125-67-58-116-34-10-4,83-138-43-17-89(109)100-26-50-126-68-59-117-35-11-5)84-139-44-18-90(110)101-27-51-127-69-60-118-36-12-6/h1-6H,13-84,95H2,(H,96,105)(H,97,106)(H,98,107)(H,99,108)(H,100,109)(H,101,110)(H,102,111)(H,103,112). The Morgan fingerprint density at radius 1 is 0.194 bits per heavy atom. The van der Waals surface area contributed by atoms with Crippen LogP contribution < -0.4 is 48.3 Å². The second-order valence-electron chi connectivity index (χ2n) is 29.4. The van der Waals surface area contributed by atoms with E-state index in [2.05, 4.69) is 83.0 Å². The smallest absolute Gasteiger partial charge is 0.222 e. The topological polar surface area (TPSA) is 511 Å². The Labute approximate surface area is 822 Å². The normalized spacial score (nSPS) is 11.3. The minimum absolute atomic E-state index is 0.00268. The van der Waals surface area contributed by atoms with Crippen LogP contribution in [0.25, 0.3) is 0 Å². The second-order valence-corrected chi connectivity index (χ2v) is 29.4. The summed E-state index contributed by atoms with van der Waals surface area (Å²) in [6, 6.07) is 0. The highest BCUT2D eigenvalue weighted by Gasteiger charge is 2.36. The van der Waals surface area contributed by atoms with Gasteiger partial charge in [-0.05, 0) is 0 Å². The lowest BCUT2D eigenvalue weighted by Gasteiger charge is -2.34. The number of hydrogen-bond donors (Lipinski definition) is 9. The van der Waals surface area contributed by atoms with Gasteiger partial charge < -0.3 is 176 Å². The van der Waals surface area contributed by atoms with Gasteiger partial charge in [-0.15, -0.1) is 38.5 Å². The van der Waals surface area contributed by atoms with Gasteiger partial charge in [0.25, 0.3) is 0 Å². The van der Waals surface area contributed by atoms with Crippen LogP contribution in [0.2, 0.25) is 0 Å². The Kier molecular flexibility index (Phi) is 98.3. The van der Waals surface area contributed by atoms with E-state index in [1.54, 1.807) is 0 Å². The quantitative estimate of drug-likeness (QED) is 0.0207. The summed E-state index contributed by atoms with van der Waals surface area (Å²) < 4.78 is 152. The first-order valence-electron chi connectivity index (χ1n) is 47.0. The highest BCUT2D eigenvalue weighted by atomic mass is 16.6. The molecule has 0 aliphatic heterocycles. The molecule has 45 nitrogen and oxygen atoms in total. The highest BCUT2D eigenvalue weighted by molar-refractivity contribution is 5.79. The van der Waals surface area contributed by atoms with E-state index in [9.17, 15) is 38.4 Å². The molecule has 0 bridgehead atoms. The molecule has 0 spiro atoms. The van der Waals surface area contributed by atoms with Crippen LogP contribution in [0.5, 0.6) is 0 Å². The van der Waals surface area contributed by atoms with E-state index < -0.39 is 22.9 Å². The lowest BCUT2D eigenvalue weighted by molar-refractivity contribution is -0.131. The summed E-state index contributed by atoms with van der Waals surface area (Å²) in [4.78, 5) is 107. The van der Waals surface area contributed by atoms with E-state index >= 15 is 0 Å². The first-order valence-corrected chi connectivity index (χ1v) is 47.0. The number of carbonyl (C=O) groups is 8. The van der Waals surface area contributed by atoms with Crippen LogP contribution in [0.3, 0.4) is 0 Å². The van der Waals surface area contributed by atoms with Crippen molar-refractivity contribution in [1.29, 1.82) is 0 Å². The van der Waals surface area contributed by atoms with Crippen molar-refractivity contribution in [2.45, 2.75) is 62.4 Å². The van der Waals surface area contributed by atoms with Crippen LogP contribution in [0.1, 0.15) is 51.4 Å². The molecule has 0 atom stereocenters. The number of carbonyl (C=O) groups excluding carboxylic acids is 8. The minimum atomic E-state index is -1.39. The van der Waals surface area contributed by atoms with Crippen LogP contribution >= 0.6 is 0 Å². The molecular formula is C94H160N10O35. The molecule has 0 aromatic rings. The van der Waals surface area contributed by atoms with Crippen molar-refractivity contribution in [2.24, 2.45) is 5.73 Å². The lowest BCUT2D eigenvalue weighted by atomic mass is 10.0. The van der Waals surface area contributed by atoms with E-state index in [1.165, 1.54) is 0 Å². The lowest BCUT2D eigenvalue weighted by Crippen LogP contribution is -2.59. The number of rotatable bonds is 109. The Morgan fingerprint density at radius 2 is 0.345 bits per heavy atom. The van der Waals surface area contributed by atoms with Crippen LogP contribution in [-0.2, 0) is 166 Å². The number of nitrogens with one attached hydrogen (secondary N) is 8. The average molecular weight is 1990 g/mol. The van der Waals surface area contributed by atoms with E-state index in [1.807, 2.05) is 0 Å². The molecule has 0 aliphatic carbocycles. The Balaban J connectivity index is 5.88. The van der Waals surface area contributed by atoms with Gasteiger partial charge in [-0.2, -0.15) is 0 Å². The van der Waals surface area contributed by atoms with Crippen molar-refractivity contribution in [3.8, 4) is 74.1 Å². The van der Waals surface area contributed by atoms with E-state index in [0.717, 1.165) is 0 Å². The van der Waals surface area contributed by atoms with Crippen molar-refractivity contribution in [3.63, 3.8) is 0 Å². The number of ether oxygens (including phenoxy) is 27. The zero-order chi connectivity index (χ0) is 101. The fraction of sp³-hybridized carbons (Fsp3) is 0.787. The number of terminal acetylenes is 6. The van der Waals surface area contributed by atoms with Crippen molar-refractivity contribution < 1.29 is 166 Å². The van der Waals surface area contributed by atoms with Gasteiger partial charge in [0, 0.05) is 117 Å². The first kappa shape index (κ1) is 131. The Morgan fingerprint density at radius 3 is 0.532 bits per heavy atom. The van der Waals surface area contributed by atoms with Gasteiger partial charge in [0.2, 0.25) is 47.3 Å². The summed E-state index contributed by atoms with van der Waals surface area (Å²) in [6.07, 6.45) is 30.8. The Bertz CT molecular complexity index is 2800. The largest absolute Gasteiger partial charge is 0.379 e. The summed E-state index contributed by atoms with van der Waals surface area (Å²) >= 11 is 0. The molecule has 0 heterocycles. The van der Waals surface area contributed by atoms with E-state index in [4.69, 9.17) is 172 Å². The van der Waals surface area contributed by atoms with Crippen molar-refractivity contribution in [3.05, 3.63) is 0 Å². The number of nitrogens with two attached hydrogens (primary N) is 1. The summed E-state index contributed by atoms with van der Waals surface area (Å²) in [5.41, 5.74) is 2.73. The molecule has 139 heavy (non-hydrogen) atoms. The number of amides is 8. The van der Waals surface area contributed by atoms with Gasteiger partial charge in [-0.3, -0.25) is 43.3 Å². The monoisotopic (exact) mass is 1990 g/mol. The molecule has 0 radical (unpaired) electrons. The van der Waals surface area contributed by atoms with Gasteiger partial charge in [0.1, 0.15) is 50.7 Å². The molecule has 45 heteroatoms. The maximum Gasteiger partial charge on any atom is 0.222 e. The summed E-state index contributed by atoms with van der Waals surface area (Å²) in [5.74, 6) is 11.4. The van der Waals surface area contributed by atoms with Gasteiger partial charge in [-0.1, -0.05) is 35.5 Å². The predicted molar refractivity (Wildman–Crippen MR) is 507 cm³/mol. The average Bonchev–Trinajstić information content (AvgIpc) is 0.858. The third-order valence-corrected chi connectivity index (χ3v) is 17.8. The van der Waals surface area contributed by atoms with Crippen LogP contribution in [-0.4, -0.2) is 485 Å². The first-order chi connectivity index (χ1) is 68.2. The molecule has 0 fully saturated rings. The van der Waals surface area contributed by atoms with Crippen molar-refractivity contribution in [1.82, 2.24) is 47.4 Å². The fourth-order valence-electron chi connectivity index (χ4n) is 10.9. The number of nitrogens with zero attached hydrogens (tertiary/aromatic N) is 1. The summed E-state index contributed by atoms with van der Waals surface area (Å²) in [7, 11) is 0. The molecule has 796 valence electrons. The van der Waals surface area contributed by atoms with Crippen LogP contribution in [0, 0.1) is 74.1 Å². The molecule has 0 aromatic carbocycles. The highest BCUT2D eigenvalue weighted by Crippen LogP contribution is 2.14. The second kappa shape index (κ2) is 104. The van der Waals surface area contributed by atoms with Gasteiger partial charge in [-0.25, -0.2) is 0 Å². The Hall–Kier alpha value is -8.04. The maximum absolute atomic E-state index is 13.9. The van der Waals surface area contributed by atoms with Crippen LogP contribution in [0.15, 0.2) is 0 Å². The molecular weight excluding hydrogens is 1830 g/mol. The summed E-state index contributed by atoms with van der Waals surface area (Å²) in [5, 5.41) is 22.6. The van der Waals surface area contributed by atoms with E-state index in [-0.39, 0.29) is 351 Å². The molecule has 10 N–H and O–H groups in total. The van der Waals surface area contributed by atoms with Crippen molar-refractivity contribution in [2.75, 3.05) is 422 Å². The fourth-order valence-corrected chi connectivity index (χ4v) is 10.9. The molecule has 8 amide bonds. The van der Waals surface area contributed by atoms with Gasteiger partial charge in [0.15, 0.2) is 0 Å². The zero-order valence-electron chi connectivity index (χ0n) is 81.7. The zero-order valence-corrected chi connectivity index (χ0v) is 81.7. The summed E-state index contributed by atoms with van der Waals surface area (Å²) in [6.45, 7) is 12.8. The van der Waals surface area contributed by atoms with E-state index in [0.29, 0.717) is 158 Å². The SMILES string of the molecule is C#CCOCCOCCNC(=O)CCOCC(COCCC(=O)NCCOCCOCC#C)(COCCC(=O)NCCOCCOCC#C)NC(=O)CCOCCOCCOCCN(CCOCCOCCOCCN)CCOCCOCCOCCC(=O)NC(COCCC(=O)NCCOCCOCC#C)(COCCC(=O)NCCOCCOCC#C)COCCC(=O)NCCOCCOCC#C. The van der Waals surface area contributed by atoms with Crippen LogP contribution in [0.4, 0.5) is 0 Å². The number of hydrogen-bond acceptors (Lipinski definition) is 37. The third-order valence-electron chi connectivity index (χ3n) is 17.8. The van der Waals surface area contributed by atoms with Gasteiger partial charge >= 0.3 is 0 Å². The van der Waals surface area contributed by atoms with Gasteiger partial charge in [0.05, 0.1) is 317 Å². The molecule has 0 unspecified atom stereocenters. The maximum atomic E-state index is 13.9. The third kappa shape index (κ3) is 94.6. The molecule has 0 saturated heterocycles. The molecule has 0 saturated carbocycles. The van der Waals surface area contributed by atoms with Crippen molar-refractivity contribution >= 4 is 47.3 Å². The predicted octanol–water partition coefficient (Wildman–Crippen LogP) is -3.98. The molecule has 0 aromatic heterocycles. The molecule has 0 aliphatic rings. The molecule has 0 rings (SSSR count). The minimum Gasteiger partial charge on any atom is -0.379 e.